The molecule has 3 heterocycles. The monoisotopic (exact) mass is 366 g/mol. The Morgan fingerprint density at radius 3 is 2.36 bits per heavy atom. The average molecular weight is 367 g/mol. The largest absolute Gasteiger partial charge is 0.344 e. The fourth-order valence-electron chi connectivity index (χ4n) is 4.36. The summed E-state index contributed by atoms with van der Waals surface area (Å²) in [6, 6.07) is 1.93. The number of likely N-dealkylation sites (tertiary alicyclic amines) is 1. The Kier molecular flexibility index (Phi) is 5.68. The standard InChI is InChI=1S/C19H30N2O3S/c1-15-12-18(16(2)21(15)17-8-11-25(23,24)14-17)19(22)13-20-9-6-4-3-5-7-10-20/h12,17H,3-11,13-14H2,1-2H3/t17-/m0/s1. The molecule has 2 saturated heterocycles. The first kappa shape index (κ1) is 18.6. The molecular formula is C19H30N2O3S. The number of sulfone groups is 1. The number of ketones is 1. The molecule has 25 heavy (non-hydrogen) atoms. The van der Waals surface area contributed by atoms with Crippen molar-refractivity contribution >= 4 is 15.6 Å². The quantitative estimate of drug-likeness (QED) is 0.769. The highest BCUT2D eigenvalue weighted by Gasteiger charge is 2.31. The lowest BCUT2D eigenvalue weighted by atomic mass is 10.1. The van der Waals surface area contributed by atoms with Crippen molar-refractivity contribution in [3.05, 3.63) is 23.0 Å². The fraction of sp³-hybridized carbons (Fsp3) is 0.737. The van der Waals surface area contributed by atoms with Crippen LogP contribution in [0.4, 0.5) is 0 Å². The van der Waals surface area contributed by atoms with E-state index < -0.39 is 9.84 Å². The molecule has 2 aliphatic rings. The number of carbonyl (C=O) groups is 1. The third kappa shape index (κ3) is 4.34. The molecule has 1 atom stereocenters. The summed E-state index contributed by atoms with van der Waals surface area (Å²) in [5.41, 5.74) is 2.69. The zero-order valence-electron chi connectivity index (χ0n) is 15.5. The van der Waals surface area contributed by atoms with Crippen LogP contribution in [-0.4, -0.2) is 54.8 Å². The maximum atomic E-state index is 12.9. The number of carbonyl (C=O) groups excluding carboxylic acids is 1. The fourth-order valence-corrected chi connectivity index (χ4v) is 6.06. The number of nitrogens with zero attached hydrogens (tertiary/aromatic N) is 2. The van der Waals surface area contributed by atoms with E-state index in [-0.39, 0.29) is 23.3 Å². The van der Waals surface area contributed by atoms with Gasteiger partial charge in [0, 0.05) is 23.0 Å². The van der Waals surface area contributed by atoms with Crippen LogP contribution in [0.3, 0.4) is 0 Å². The van der Waals surface area contributed by atoms with Crippen molar-refractivity contribution in [2.45, 2.75) is 58.4 Å². The van der Waals surface area contributed by atoms with E-state index in [9.17, 15) is 13.2 Å². The predicted octanol–water partition coefficient (Wildman–Crippen LogP) is 2.91. The van der Waals surface area contributed by atoms with Crippen LogP contribution in [0.15, 0.2) is 6.07 Å². The Hall–Kier alpha value is -1.14. The molecule has 0 aliphatic carbocycles. The van der Waals surface area contributed by atoms with Gasteiger partial charge in [-0.05, 0) is 52.3 Å². The number of aryl methyl sites for hydroxylation is 1. The second-order valence-corrected chi connectivity index (χ2v) is 9.91. The predicted molar refractivity (Wildman–Crippen MR) is 100 cm³/mol. The van der Waals surface area contributed by atoms with E-state index in [1.165, 1.54) is 32.1 Å². The van der Waals surface area contributed by atoms with Crippen molar-refractivity contribution in [3.8, 4) is 0 Å². The van der Waals surface area contributed by atoms with Gasteiger partial charge < -0.3 is 4.57 Å². The number of hydrogen-bond acceptors (Lipinski definition) is 4. The summed E-state index contributed by atoms with van der Waals surface area (Å²) < 4.78 is 25.7. The van der Waals surface area contributed by atoms with Crippen molar-refractivity contribution in [3.63, 3.8) is 0 Å². The highest BCUT2D eigenvalue weighted by molar-refractivity contribution is 7.91. The van der Waals surface area contributed by atoms with Crippen molar-refractivity contribution in [2.24, 2.45) is 0 Å². The van der Waals surface area contributed by atoms with Crippen molar-refractivity contribution in [2.75, 3.05) is 31.1 Å². The van der Waals surface area contributed by atoms with Gasteiger partial charge in [0.05, 0.1) is 18.1 Å². The van der Waals surface area contributed by atoms with Crippen LogP contribution in [0, 0.1) is 13.8 Å². The molecule has 6 heteroatoms. The van der Waals surface area contributed by atoms with Crippen LogP contribution in [0.25, 0.3) is 0 Å². The molecule has 1 aromatic heterocycles. The highest BCUT2D eigenvalue weighted by atomic mass is 32.2. The Morgan fingerprint density at radius 1 is 1.12 bits per heavy atom. The van der Waals surface area contributed by atoms with E-state index in [0.29, 0.717) is 13.0 Å². The minimum atomic E-state index is -2.93. The van der Waals surface area contributed by atoms with E-state index >= 15 is 0 Å². The summed E-state index contributed by atoms with van der Waals surface area (Å²) in [7, 11) is -2.93. The van der Waals surface area contributed by atoms with Crippen molar-refractivity contribution < 1.29 is 13.2 Å². The summed E-state index contributed by atoms with van der Waals surface area (Å²) >= 11 is 0. The molecule has 2 fully saturated rings. The second kappa shape index (κ2) is 7.62. The summed E-state index contributed by atoms with van der Waals surface area (Å²) in [5, 5.41) is 0. The maximum absolute atomic E-state index is 12.9. The molecule has 0 unspecified atom stereocenters. The molecule has 3 rings (SSSR count). The van der Waals surface area contributed by atoms with Crippen LogP contribution in [0.5, 0.6) is 0 Å². The maximum Gasteiger partial charge on any atom is 0.178 e. The third-order valence-electron chi connectivity index (χ3n) is 5.67. The SMILES string of the molecule is Cc1cc(C(=O)CN2CCCCCCC2)c(C)n1[C@H]1CCS(=O)(=O)C1. The minimum Gasteiger partial charge on any atom is -0.344 e. The number of hydrogen-bond donors (Lipinski definition) is 0. The van der Waals surface area contributed by atoms with Gasteiger partial charge in [0.1, 0.15) is 0 Å². The van der Waals surface area contributed by atoms with Gasteiger partial charge in [-0.1, -0.05) is 19.3 Å². The minimum absolute atomic E-state index is 0.0201. The number of rotatable bonds is 4. The molecule has 0 aromatic carbocycles. The molecule has 5 nitrogen and oxygen atoms in total. The lowest BCUT2D eigenvalue weighted by molar-refractivity contribution is 0.0923. The lowest BCUT2D eigenvalue weighted by Gasteiger charge is -2.23. The highest BCUT2D eigenvalue weighted by Crippen LogP contribution is 2.29. The molecule has 0 amide bonds. The third-order valence-corrected chi connectivity index (χ3v) is 7.42. The van der Waals surface area contributed by atoms with Gasteiger partial charge in [-0.25, -0.2) is 8.42 Å². The van der Waals surface area contributed by atoms with Gasteiger partial charge in [0.2, 0.25) is 0 Å². The van der Waals surface area contributed by atoms with E-state index in [2.05, 4.69) is 9.47 Å². The van der Waals surface area contributed by atoms with Gasteiger partial charge in [-0.2, -0.15) is 0 Å². The first-order valence-electron chi connectivity index (χ1n) is 9.52. The van der Waals surface area contributed by atoms with Gasteiger partial charge in [0.15, 0.2) is 15.6 Å². The molecule has 2 aliphatic heterocycles. The van der Waals surface area contributed by atoms with Gasteiger partial charge in [-0.3, -0.25) is 9.69 Å². The van der Waals surface area contributed by atoms with E-state index in [1.807, 2.05) is 19.9 Å². The van der Waals surface area contributed by atoms with Crippen LogP contribution in [0.2, 0.25) is 0 Å². The smallest absolute Gasteiger partial charge is 0.178 e. The van der Waals surface area contributed by atoms with Crippen molar-refractivity contribution in [1.29, 1.82) is 0 Å². The van der Waals surface area contributed by atoms with E-state index in [1.54, 1.807) is 0 Å². The van der Waals surface area contributed by atoms with Gasteiger partial charge >= 0.3 is 0 Å². The van der Waals surface area contributed by atoms with Gasteiger partial charge in [-0.15, -0.1) is 0 Å². The zero-order valence-corrected chi connectivity index (χ0v) is 16.3. The Bertz CT molecular complexity index is 728. The normalized spacial score (nSPS) is 24.8. The van der Waals surface area contributed by atoms with Gasteiger partial charge in [0.25, 0.3) is 0 Å². The number of Topliss-reactive ketones (excluding diaryl/α,β-unsaturated/α-hetero) is 1. The first-order chi connectivity index (χ1) is 11.9. The molecule has 1 aromatic rings. The summed E-state index contributed by atoms with van der Waals surface area (Å²) in [5.74, 6) is 0.621. The molecular weight excluding hydrogens is 336 g/mol. The molecule has 140 valence electrons. The zero-order chi connectivity index (χ0) is 18.0. The van der Waals surface area contributed by atoms with Crippen LogP contribution < -0.4 is 0 Å². The molecule has 0 saturated carbocycles. The Morgan fingerprint density at radius 2 is 1.76 bits per heavy atom. The Balaban J connectivity index is 1.74. The van der Waals surface area contributed by atoms with E-state index in [4.69, 9.17) is 0 Å². The molecule has 0 N–H and O–H groups in total. The van der Waals surface area contributed by atoms with Crippen LogP contribution in [0.1, 0.15) is 66.3 Å². The summed E-state index contributed by atoms with van der Waals surface area (Å²) in [4.78, 5) is 15.2. The van der Waals surface area contributed by atoms with E-state index in [0.717, 1.165) is 30.0 Å². The second-order valence-electron chi connectivity index (χ2n) is 7.68. The van der Waals surface area contributed by atoms with Crippen molar-refractivity contribution in [1.82, 2.24) is 9.47 Å². The summed E-state index contributed by atoms with van der Waals surface area (Å²) in [6.45, 7) is 6.42. The van der Waals surface area contributed by atoms with Crippen LogP contribution in [-0.2, 0) is 9.84 Å². The number of aromatic nitrogens is 1. The molecule has 0 bridgehead atoms. The van der Waals surface area contributed by atoms with Crippen LogP contribution >= 0.6 is 0 Å². The first-order valence-corrected chi connectivity index (χ1v) is 11.3. The lowest BCUT2D eigenvalue weighted by Crippen LogP contribution is -2.32. The average Bonchev–Trinajstić information content (AvgIpc) is 3.00. The Labute approximate surface area is 151 Å². The molecule has 0 spiro atoms. The molecule has 0 radical (unpaired) electrons. The topological polar surface area (TPSA) is 59.4 Å². The summed E-state index contributed by atoms with van der Waals surface area (Å²) in [6.07, 6.45) is 6.83.